The summed E-state index contributed by atoms with van der Waals surface area (Å²) in [6, 6.07) is 5.91. The summed E-state index contributed by atoms with van der Waals surface area (Å²) in [7, 11) is 1.39. The zero-order valence-corrected chi connectivity index (χ0v) is 11.3. The number of ether oxygens (including phenoxy) is 1. The molecule has 0 spiro atoms. The molecule has 0 amide bonds. The Labute approximate surface area is 110 Å². The highest BCUT2D eigenvalue weighted by molar-refractivity contribution is 9.10. The Kier molecular flexibility index (Phi) is 3.59. The van der Waals surface area contributed by atoms with E-state index in [1.807, 2.05) is 5.38 Å². The number of benzene rings is 1. The molecular formula is C12H8BrFO2S. The fraction of sp³-hybridized carbons (Fsp3) is 0.0833. The molecule has 0 aliphatic heterocycles. The van der Waals surface area contributed by atoms with Gasteiger partial charge in [0.15, 0.2) is 11.6 Å². The van der Waals surface area contributed by atoms with Crippen molar-refractivity contribution in [2.75, 3.05) is 7.11 Å². The minimum atomic E-state index is -0.533. The Morgan fingerprint density at radius 1 is 1.41 bits per heavy atom. The van der Waals surface area contributed by atoms with Gasteiger partial charge in [-0.1, -0.05) is 0 Å². The van der Waals surface area contributed by atoms with E-state index >= 15 is 0 Å². The van der Waals surface area contributed by atoms with Gasteiger partial charge in [0.1, 0.15) is 0 Å². The molecule has 1 aromatic carbocycles. The Morgan fingerprint density at radius 2 is 2.18 bits per heavy atom. The lowest BCUT2D eigenvalue weighted by Crippen LogP contribution is -2.00. The summed E-state index contributed by atoms with van der Waals surface area (Å²) >= 11 is 4.59. The van der Waals surface area contributed by atoms with Crippen molar-refractivity contribution in [3.63, 3.8) is 0 Å². The summed E-state index contributed by atoms with van der Waals surface area (Å²) in [5.74, 6) is -0.592. The minimum Gasteiger partial charge on any atom is -0.494 e. The van der Waals surface area contributed by atoms with Crippen LogP contribution in [0.3, 0.4) is 0 Å². The van der Waals surface area contributed by atoms with Gasteiger partial charge in [-0.2, -0.15) is 0 Å². The molecule has 0 bridgehead atoms. The summed E-state index contributed by atoms with van der Waals surface area (Å²) in [5, 5.41) is 1.81. The van der Waals surface area contributed by atoms with Crippen LogP contribution in [-0.4, -0.2) is 12.9 Å². The Morgan fingerprint density at radius 3 is 2.71 bits per heavy atom. The third-order valence-electron chi connectivity index (χ3n) is 2.21. The fourth-order valence-corrected chi connectivity index (χ4v) is 2.77. The first kappa shape index (κ1) is 12.3. The maximum atomic E-state index is 13.4. The first-order valence-corrected chi connectivity index (χ1v) is 6.41. The highest BCUT2D eigenvalue weighted by Crippen LogP contribution is 2.24. The lowest BCUT2D eigenvalue weighted by Gasteiger charge is -2.03. The highest BCUT2D eigenvalue weighted by Gasteiger charge is 2.13. The average molecular weight is 315 g/mol. The molecule has 0 fully saturated rings. The van der Waals surface area contributed by atoms with Crippen LogP contribution in [0.15, 0.2) is 34.1 Å². The van der Waals surface area contributed by atoms with E-state index in [0.717, 1.165) is 4.47 Å². The van der Waals surface area contributed by atoms with Gasteiger partial charge in [0, 0.05) is 15.4 Å². The first-order valence-electron chi connectivity index (χ1n) is 4.74. The van der Waals surface area contributed by atoms with Crippen molar-refractivity contribution in [3.05, 3.63) is 50.4 Å². The Bertz CT molecular complexity index is 565. The van der Waals surface area contributed by atoms with E-state index in [4.69, 9.17) is 4.74 Å². The van der Waals surface area contributed by atoms with E-state index in [0.29, 0.717) is 10.4 Å². The summed E-state index contributed by atoms with van der Waals surface area (Å²) in [4.78, 5) is 12.6. The molecule has 0 aliphatic carbocycles. The van der Waals surface area contributed by atoms with Gasteiger partial charge in [-0.05, 0) is 40.2 Å². The molecule has 0 saturated carbocycles. The van der Waals surface area contributed by atoms with E-state index in [1.165, 1.54) is 30.6 Å². The van der Waals surface area contributed by atoms with E-state index in [2.05, 4.69) is 15.9 Å². The molecule has 88 valence electrons. The number of methoxy groups -OCH3 is 1. The van der Waals surface area contributed by atoms with Gasteiger partial charge in [0.25, 0.3) is 0 Å². The molecule has 2 nitrogen and oxygen atoms in total. The van der Waals surface area contributed by atoms with Gasteiger partial charge in [-0.25, -0.2) is 4.39 Å². The molecule has 1 heterocycles. The average Bonchev–Trinajstić information content (AvgIpc) is 2.75. The summed E-state index contributed by atoms with van der Waals surface area (Å²) in [6.07, 6.45) is 0. The van der Waals surface area contributed by atoms with Crippen molar-refractivity contribution in [2.24, 2.45) is 0 Å². The predicted octanol–water partition coefficient (Wildman–Crippen LogP) is 3.89. The molecule has 17 heavy (non-hydrogen) atoms. The minimum absolute atomic E-state index is 0.133. The van der Waals surface area contributed by atoms with Crippen molar-refractivity contribution in [1.29, 1.82) is 0 Å². The van der Waals surface area contributed by atoms with Crippen LogP contribution in [0.4, 0.5) is 4.39 Å². The van der Waals surface area contributed by atoms with Crippen LogP contribution in [0.25, 0.3) is 0 Å². The Balaban J connectivity index is 2.35. The van der Waals surface area contributed by atoms with Crippen molar-refractivity contribution in [1.82, 2.24) is 0 Å². The molecule has 0 N–H and O–H groups in total. The van der Waals surface area contributed by atoms with E-state index in [1.54, 1.807) is 12.1 Å². The number of carbonyl (C=O) groups excluding carboxylic acids is 1. The van der Waals surface area contributed by atoms with E-state index in [-0.39, 0.29) is 11.5 Å². The second kappa shape index (κ2) is 4.98. The zero-order chi connectivity index (χ0) is 12.4. The van der Waals surface area contributed by atoms with Crippen molar-refractivity contribution >= 4 is 33.0 Å². The molecule has 5 heteroatoms. The maximum Gasteiger partial charge on any atom is 0.203 e. The standard InChI is InChI=1S/C12H8BrFO2S/c1-16-10-3-2-7(4-9(10)14)12(15)11-5-8(13)6-17-11/h2-6H,1H3. The second-order valence-corrected chi connectivity index (χ2v) is 5.13. The second-order valence-electron chi connectivity index (χ2n) is 3.31. The number of hydrogen-bond acceptors (Lipinski definition) is 3. The van der Waals surface area contributed by atoms with Gasteiger partial charge in [0.05, 0.1) is 12.0 Å². The van der Waals surface area contributed by atoms with Crippen LogP contribution in [0.5, 0.6) is 5.75 Å². The summed E-state index contributed by atoms with van der Waals surface area (Å²) in [5.41, 5.74) is 0.317. The third-order valence-corrected chi connectivity index (χ3v) is 3.90. The number of carbonyl (C=O) groups is 1. The number of ketones is 1. The monoisotopic (exact) mass is 314 g/mol. The molecule has 0 atom stereocenters. The van der Waals surface area contributed by atoms with E-state index in [9.17, 15) is 9.18 Å². The van der Waals surface area contributed by atoms with Crippen LogP contribution in [0.1, 0.15) is 15.2 Å². The SMILES string of the molecule is COc1ccc(C(=O)c2cc(Br)cs2)cc1F. The molecule has 0 unspecified atom stereocenters. The van der Waals surface area contributed by atoms with Gasteiger partial charge < -0.3 is 4.74 Å². The smallest absolute Gasteiger partial charge is 0.203 e. The summed E-state index contributed by atoms with van der Waals surface area (Å²) < 4.78 is 19.1. The van der Waals surface area contributed by atoms with Crippen molar-refractivity contribution in [2.45, 2.75) is 0 Å². The van der Waals surface area contributed by atoms with Gasteiger partial charge in [-0.15, -0.1) is 11.3 Å². The molecule has 2 aromatic rings. The molecule has 0 aliphatic rings. The third kappa shape index (κ3) is 2.56. The fourth-order valence-electron chi connectivity index (χ4n) is 1.38. The van der Waals surface area contributed by atoms with Crippen LogP contribution in [0.2, 0.25) is 0 Å². The first-order chi connectivity index (χ1) is 8.11. The number of hydrogen-bond donors (Lipinski definition) is 0. The molecule has 2 rings (SSSR count). The lowest BCUT2D eigenvalue weighted by molar-refractivity contribution is 0.104. The summed E-state index contributed by atoms with van der Waals surface area (Å²) in [6.45, 7) is 0. The van der Waals surface area contributed by atoms with Crippen LogP contribution in [0, 0.1) is 5.82 Å². The molecular weight excluding hydrogens is 307 g/mol. The molecule has 1 aromatic heterocycles. The normalized spacial score (nSPS) is 10.3. The van der Waals surface area contributed by atoms with Gasteiger partial charge in [-0.3, -0.25) is 4.79 Å². The maximum absolute atomic E-state index is 13.4. The Hall–Kier alpha value is -1.20. The van der Waals surface area contributed by atoms with E-state index < -0.39 is 5.82 Å². The quantitative estimate of drug-likeness (QED) is 0.803. The van der Waals surface area contributed by atoms with Crippen molar-refractivity contribution in [3.8, 4) is 5.75 Å². The van der Waals surface area contributed by atoms with Crippen LogP contribution >= 0.6 is 27.3 Å². The zero-order valence-electron chi connectivity index (χ0n) is 8.87. The predicted molar refractivity (Wildman–Crippen MR) is 68.4 cm³/mol. The highest BCUT2D eigenvalue weighted by atomic mass is 79.9. The van der Waals surface area contributed by atoms with Crippen molar-refractivity contribution < 1.29 is 13.9 Å². The molecule has 0 radical (unpaired) electrons. The lowest BCUT2D eigenvalue weighted by atomic mass is 10.1. The van der Waals surface area contributed by atoms with Crippen LogP contribution < -0.4 is 4.74 Å². The van der Waals surface area contributed by atoms with Crippen LogP contribution in [-0.2, 0) is 0 Å². The van der Waals surface area contributed by atoms with Gasteiger partial charge in [0.2, 0.25) is 5.78 Å². The number of halogens is 2. The topological polar surface area (TPSA) is 26.3 Å². The molecule has 0 saturated heterocycles. The largest absolute Gasteiger partial charge is 0.494 e. The number of rotatable bonds is 3. The van der Waals surface area contributed by atoms with Gasteiger partial charge >= 0.3 is 0 Å². The number of thiophene rings is 1.